The van der Waals surface area contributed by atoms with Gasteiger partial charge in [0, 0.05) is 26.1 Å². The molecule has 1 aliphatic heterocycles. The number of aromatic nitrogens is 3. The van der Waals surface area contributed by atoms with Crippen LogP contribution in [0.25, 0.3) is 11.0 Å². The predicted molar refractivity (Wildman–Crippen MR) is 100 cm³/mol. The maximum atomic E-state index is 12.9. The van der Waals surface area contributed by atoms with Crippen molar-refractivity contribution in [2.45, 2.75) is 32.4 Å². The number of carbonyl (C=O) groups is 1. The summed E-state index contributed by atoms with van der Waals surface area (Å²) in [7, 11) is 3.49. The molecule has 4 rings (SSSR count). The van der Waals surface area contributed by atoms with Crippen LogP contribution in [0.5, 0.6) is 0 Å². The molecule has 1 aliphatic rings. The van der Waals surface area contributed by atoms with E-state index < -0.39 is 0 Å². The first-order chi connectivity index (χ1) is 13.1. The summed E-state index contributed by atoms with van der Waals surface area (Å²) < 4.78 is 12.7. The third-order valence-corrected chi connectivity index (χ3v) is 4.93. The number of anilines is 1. The third kappa shape index (κ3) is 3.28. The molecule has 1 atom stereocenters. The molecule has 0 aromatic carbocycles. The highest BCUT2D eigenvalue weighted by atomic mass is 16.5. The summed E-state index contributed by atoms with van der Waals surface area (Å²) >= 11 is 0. The number of nitrogens with zero attached hydrogens (tertiary/aromatic N) is 4. The van der Waals surface area contributed by atoms with E-state index in [2.05, 4.69) is 15.4 Å². The second kappa shape index (κ2) is 7.03. The van der Waals surface area contributed by atoms with Crippen molar-refractivity contribution in [1.29, 1.82) is 0 Å². The number of hydrogen-bond donors (Lipinski definition) is 1. The average molecular weight is 369 g/mol. The molecule has 3 aromatic rings. The van der Waals surface area contributed by atoms with Gasteiger partial charge in [-0.1, -0.05) is 0 Å². The first-order valence-electron chi connectivity index (χ1n) is 9.01. The van der Waals surface area contributed by atoms with Crippen molar-refractivity contribution in [2.24, 2.45) is 7.05 Å². The highest BCUT2D eigenvalue weighted by Gasteiger charge is 2.32. The van der Waals surface area contributed by atoms with E-state index in [4.69, 9.17) is 9.15 Å². The number of aryl methyl sites for hydroxylation is 2. The van der Waals surface area contributed by atoms with E-state index in [0.717, 1.165) is 41.1 Å². The minimum absolute atomic E-state index is 0.0626. The monoisotopic (exact) mass is 369 g/mol. The van der Waals surface area contributed by atoms with Crippen LogP contribution in [0.3, 0.4) is 0 Å². The maximum absolute atomic E-state index is 12.9. The van der Waals surface area contributed by atoms with Crippen LogP contribution in [0.15, 0.2) is 28.8 Å². The molecule has 142 valence electrons. The quantitative estimate of drug-likeness (QED) is 0.762. The number of amides is 2. The second-order valence-corrected chi connectivity index (χ2v) is 6.82. The summed E-state index contributed by atoms with van der Waals surface area (Å²) in [6, 6.07) is 5.53. The lowest BCUT2D eigenvalue weighted by Gasteiger charge is -2.23. The van der Waals surface area contributed by atoms with Gasteiger partial charge in [-0.3, -0.25) is 4.68 Å². The predicted octanol–water partition coefficient (Wildman–Crippen LogP) is 3.39. The smallest absolute Gasteiger partial charge is 0.322 e. The molecule has 1 saturated heterocycles. The third-order valence-electron chi connectivity index (χ3n) is 4.93. The Morgan fingerprint density at radius 1 is 1.44 bits per heavy atom. The lowest BCUT2D eigenvalue weighted by Crippen LogP contribution is -2.34. The Bertz CT molecular complexity index is 977. The van der Waals surface area contributed by atoms with Crippen LogP contribution in [0, 0.1) is 6.92 Å². The number of methoxy groups -OCH3 is 1. The normalized spacial score (nSPS) is 17.0. The summed E-state index contributed by atoms with van der Waals surface area (Å²) in [6.07, 6.45) is 3.49. The van der Waals surface area contributed by atoms with Crippen LogP contribution in [-0.2, 0) is 18.4 Å². The molecule has 0 aliphatic carbocycles. The highest BCUT2D eigenvalue weighted by molar-refractivity contribution is 5.92. The Labute approximate surface area is 157 Å². The number of carbonyl (C=O) groups excluding carboxylic acids is 1. The number of hydrogen-bond acceptors (Lipinski definition) is 5. The highest BCUT2D eigenvalue weighted by Crippen LogP contribution is 2.33. The van der Waals surface area contributed by atoms with Crippen LogP contribution >= 0.6 is 0 Å². The molecule has 2 amide bonds. The molecular formula is C19H23N5O3. The Morgan fingerprint density at radius 3 is 3.11 bits per heavy atom. The molecule has 0 saturated carbocycles. The molecule has 1 N–H and O–H groups in total. The largest absolute Gasteiger partial charge is 0.461 e. The Morgan fingerprint density at radius 2 is 2.30 bits per heavy atom. The average Bonchev–Trinajstić information content (AvgIpc) is 3.35. The molecule has 1 unspecified atom stereocenters. The lowest BCUT2D eigenvalue weighted by atomic mass is 10.2. The molecule has 3 aromatic heterocycles. The zero-order valence-corrected chi connectivity index (χ0v) is 15.7. The van der Waals surface area contributed by atoms with E-state index in [-0.39, 0.29) is 12.1 Å². The van der Waals surface area contributed by atoms with Crippen molar-refractivity contribution in [3.63, 3.8) is 0 Å². The van der Waals surface area contributed by atoms with Gasteiger partial charge in [-0.15, -0.1) is 0 Å². The lowest BCUT2D eigenvalue weighted by molar-refractivity contribution is 0.157. The van der Waals surface area contributed by atoms with Crippen molar-refractivity contribution in [3.05, 3.63) is 41.6 Å². The van der Waals surface area contributed by atoms with Gasteiger partial charge in [0.2, 0.25) is 0 Å². The SMILES string of the molecule is COCc1ccc(C2CCCN2C(=O)Nc2cnc3c(c2)c(C)nn3C)o1. The van der Waals surface area contributed by atoms with Gasteiger partial charge in [0.05, 0.1) is 23.6 Å². The number of pyridine rings is 1. The summed E-state index contributed by atoms with van der Waals surface area (Å²) in [4.78, 5) is 19.1. The topological polar surface area (TPSA) is 85.4 Å². The first kappa shape index (κ1) is 17.5. The van der Waals surface area contributed by atoms with E-state index >= 15 is 0 Å². The fourth-order valence-electron chi connectivity index (χ4n) is 3.67. The molecular weight excluding hydrogens is 346 g/mol. The number of nitrogens with one attached hydrogen (secondary N) is 1. The molecule has 4 heterocycles. The van der Waals surface area contributed by atoms with E-state index in [9.17, 15) is 4.79 Å². The number of rotatable bonds is 4. The number of furan rings is 1. The molecule has 0 bridgehead atoms. The van der Waals surface area contributed by atoms with Gasteiger partial charge in [-0.05, 0) is 38.0 Å². The Balaban J connectivity index is 1.52. The van der Waals surface area contributed by atoms with Crippen molar-refractivity contribution in [3.8, 4) is 0 Å². The molecule has 1 fully saturated rings. The Hall–Kier alpha value is -2.87. The first-order valence-corrected chi connectivity index (χ1v) is 9.01. The van der Waals surface area contributed by atoms with E-state index in [1.807, 2.05) is 37.1 Å². The van der Waals surface area contributed by atoms with Gasteiger partial charge in [-0.2, -0.15) is 5.10 Å². The van der Waals surface area contributed by atoms with Gasteiger partial charge in [-0.25, -0.2) is 9.78 Å². The van der Waals surface area contributed by atoms with Crippen LogP contribution in [-0.4, -0.2) is 39.4 Å². The van der Waals surface area contributed by atoms with Crippen molar-refractivity contribution in [2.75, 3.05) is 19.0 Å². The molecule has 0 spiro atoms. The van der Waals surface area contributed by atoms with Crippen LogP contribution < -0.4 is 5.32 Å². The minimum Gasteiger partial charge on any atom is -0.461 e. The minimum atomic E-state index is -0.148. The van der Waals surface area contributed by atoms with Crippen molar-refractivity contribution < 1.29 is 13.9 Å². The molecule has 8 nitrogen and oxygen atoms in total. The standard InChI is InChI=1S/C19H23N5O3/c1-12-15-9-13(10-20-18(15)23(2)22-12)21-19(25)24-8-4-5-16(24)17-7-6-14(27-17)11-26-3/h6-7,9-10,16H,4-5,8,11H2,1-3H3,(H,21,25). The number of fused-ring (bicyclic) bond motifs is 1. The van der Waals surface area contributed by atoms with Crippen LogP contribution in [0.1, 0.15) is 36.1 Å². The Kier molecular flexibility index (Phi) is 4.57. The molecule has 27 heavy (non-hydrogen) atoms. The van der Waals surface area contributed by atoms with E-state index in [1.54, 1.807) is 18.0 Å². The number of ether oxygens (including phenoxy) is 1. The maximum Gasteiger partial charge on any atom is 0.322 e. The molecule has 8 heteroatoms. The molecule has 0 radical (unpaired) electrons. The number of likely N-dealkylation sites (tertiary alicyclic amines) is 1. The van der Waals surface area contributed by atoms with Gasteiger partial charge < -0.3 is 19.4 Å². The summed E-state index contributed by atoms with van der Waals surface area (Å²) in [6.45, 7) is 3.05. The van der Waals surface area contributed by atoms with Gasteiger partial charge in [0.15, 0.2) is 5.65 Å². The van der Waals surface area contributed by atoms with Gasteiger partial charge in [0.1, 0.15) is 18.1 Å². The van der Waals surface area contributed by atoms with Gasteiger partial charge in [0.25, 0.3) is 0 Å². The second-order valence-electron chi connectivity index (χ2n) is 6.82. The summed E-state index contributed by atoms with van der Waals surface area (Å²) in [5, 5.41) is 8.26. The van der Waals surface area contributed by atoms with E-state index in [1.165, 1.54) is 0 Å². The van der Waals surface area contributed by atoms with Gasteiger partial charge >= 0.3 is 6.03 Å². The fraction of sp³-hybridized carbons (Fsp3) is 0.421. The van der Waals surface area contributed by atoms with Crippen molar-refractivity contribution >= 4 is 22.8 Å². The fourth-order valence-corrected chi connectivity index (χ4v) is 3.67. The zero-order chi connectivity index (χ0) is 19.0. The van der Waals surface area contributed by atoms with Crippen molar-refractivity contribution in [1.82, 2.24) is 19.7 Å². The zero-order valence-electron chi connectivity index (χ0n) is 15.7. The van der Waals surface area contributed by atoms with E-state index in [0.29, 0.717) is 18.8 Å². The van der Waals surface area contributed by atoms with Crippen LogP contribution in [0.4, 0.5) is 10.5 Å². The summed E-state index contributed by atoms with van der Waals surface area (Å²) in [5.74, 6) is 1.56. The summed E-state index contributed by atoms with van der Waals surface area (Å²) in [5.41, 5.74) is 2.34. The van der Waals surface area contributed by atoms with Crippen LogP contribution in [0.2, 0.25) is 0 Å². The number of urea groups is 1.